The maximum atomic E-state index is 13.5. The van der Waals surface area contributed by atoms with Crippen LogP contribution in [-0.4, -0.2) is 16.3 Å². The summed E-state index contributed by atoms with van der Waals surface area (Å²) in [5, 5.41) is 7.02. The van der Waals surface area contributed by atoms with E-state index in [9.17, 15) is 9.18 Å². The molecular weight excluding hydrogens is 337 g/mol. The van der Waals surface area contributed by atoms with E-state index in [2.05, 4.69) is 32.3 Å². The van der Waals surface area contributed by atoms with Crippen LogP contribution in [0.25, 0.3) is 0 Å². The minimum atomic E-state index is -0.302. The predicted octanol–water partition coefficient (Wildman–Crippen LogP) is 2.43. The van der Waals surface area contributed by atoms with E-state index in [0.29, 0.717) is 28.7 Å². The van der Waals surface area contributed by atoms with Crippen molar-refractivity contribution in [1.82, 2.24) is 9.78 Å². The number of nitrogens with zero attached hydrogens (tertiary/aromatic N) is 2. The van der Waals surface area contributed by atoms with Gasteiger partial charge in [-0.25, -0.2) is 9.07 Å². The molecule has 0 radical (unpaired) electrons. The van der Waals surface area contributed by atoms with E-state index < -0.39 is 0 Å². The number of aromatic nitrogens is 2. The molecule has 0 saturated carbocycles. The first-order valence-electron chi connectivity index (χ1n) is 6.30. The topological polar surface area (TPSA) is 46.9 Å². The van der Waals surface area contributed by atoms with Crippen molar-refractivity contribution in [3.05, 3.63) is 56.7 Å². The van der Waals surface area contributed by atoms with Gasteiger partial charge in [-0.3, -0.25) is 4.79 Å². The van der Waals surface area contributed by atoms with Crippen LogP contribution in [0.4, 0.5) is 10.1 Å². The van der Waals surface area contributed by atoms with E-state index >= 15 is 0 Å². The van der Waals surface area contributed by atoms with Gasteiger partial charge >= 0.3 is 0 Å². The number of rotatable bonds is 5. The number of benzene rings is 1. The van der Waals surface area contributed by atoms with Gasteiger partial charge in [0.15, 0.2) is 0 Å². The average molecular weight is 350 g/mol. The average Bonchev–Trinajstić information content (AvgIpc) is 2.48. The fraction of sp³-hybridized carbons (Fsp3) is 0.200. The number of hydrogen-bond donors (Lipinski definition) is 1. The molecule has 0 amide bonds. The highest BCUT2D eigenvalue weighted by Crippen LogP contribution is 2.16. The van der Waals surface area contributed by atoms with E-state index in [4.69, 9.17) is 6.42 Å². The van der Waals surface area contributed by atoms with Crippen LogP contribution in [0.2, 0.25) is 0 Å². The van der Waals surface area contributed by atoms with Crippen molar-refractivity contribution in [3.8, 4) is 12.3 Å². The highest BCUT2D eigenvalue weighted by Gasteiger charge is 2.08. The Bertz CT molecular complexity index is 736. The van der Waals surface area contributed by atoms with Gasteiger partial charge in [0.1, 0.15) is 16.8 Å². The van der Waals surface area contributed by atoms with Gasteiger partial charge in [0, 0.05) is 6.54 Å². The first-order valence-corrected chi connectivity index (χ1v) is 7.09. The molecule has 2 rings (SSSR count). The van der Waals surface area contributed by atoms with E-state index in [1.807, 2.05) is 0 Å². The van der Waals surface area contributed by atoms with Gasteiger partial charge in [0.2, 0.25) is 0 Å². The molecule has 0 aliphatic heterocycles. The fourth-order valence-corrected chi connectivity index (χ4v) is 2.27. The van der Waals surface area contributed by atoms with Crippen LogP contribution < -0.4 is 10.9 Å². The van der Waals surface area contributed by atoms with Crippen molar-refractivity contribution in [2.45, 2.75) is 13.0 Å². The summed E-state index contributed by atoms with van der Waals surface area (Å²) in [5.41, 5.74) is 0.878. The predicted molar refractivity (Wildman–Crippen MR) is 83.6 cm³/mol. The molecule has 1 heterocycles. The quantitative estimate of drug-likeness (QED) is 0.843. The summed E-state index contributed by atoms with van der Waals surface area (Å²) >= 11 is 3.22. The van der Waals surface area contributed by atoms with Gasteiger partial charge in [-0.1, -0.05) is 24.1 Å². The Kier molecular flexibility index (Phi) is 5.12. The lowest BCUT2D eigenvalue weighted by Gasteiger charge is -2.09. The number of nitrogens with one attached hydrogen (secondary N) is 1. The Balaban J connectivity index is 2.05. The molecule has 0 aliphatic carbocycles. The van der Waals surface area contributed by atoms with E-state index in [-0.39, 0.29) is 17.9 Å². The summed E-state index contributed by atoms with van der Waals surface area (Å²) in [6.07, 6.45) is 7.18. The largest absolute Gasteiger partial charge is 0.382 e. The summed E-state index contributed by atoms with van der Waals surface area (Å²) in [6.45, 7) is 0.604. The summed E-state index contributed by atoms with van der Waals surface area (Å²) in [5.74, 6) is 2.12. The van der Waals surface area contributed by atoms with Crippen molar-refractivity contribution < 1.29 is 4.39 Å². The van der Waals surface area contributed by atoms with Gasteiger partial charge < -0.3 is 5.32 Å². The smallest absolute Gasteiger partial charge is 0.284 e. The van der Waals surface area contributed by atoms with Crippen LogP contribution in [0.5, 0.6) is 0 Å². The molecule has 0 spiro atoms. The van der Waals surface area contributed by atoms with Crippen LogP contribution >= 0.6 is 15.9 Å². The lowest BCUT2D eigenvalue weighted by atomic mass is 10.1. The standard InChI is InChI=1S/C15H13BrFN3O/c1-2-9-20-15(21)14(16)13(10-19-20)18-8-7-11-5-3-4-6-12(11)17/h1,3-6,10,18H,7-9H2. The molecule has 21 heavy (non-hydrogen) atoms. The molecule has 2 aromatic rings. The zero-order valence-electron chi connectivity index (χ0n) is 11.1. The third-order valence-corrected chi connectivity index (χ3v) is 3.66. The summed E-state index contributed by atoms with van der Waals surface area (Å²) in [6, 6.07) is 6.60. The summed E-state index contributed by atoms with van der Waals surface area (Å²) in [7, 11) is 0. The number of terminal acetylenes is 1. The second-order valence-corrected chi connectivity index (χ2v) is 5.10. The lowest BCUT2D eigenvalue weighted by molar-refractivity contribution is 0.610. The maximum Gasteiger partial charge on any atom is 0.284 e. The molecule has 108 valence electrons. The number of anilines is 1. The minimum Gasteiger partial charge on any atom is -0.382 e. The Labute approximate surface area is 130 Å². The Morgan fingerprint density at radius 3 is 2.90 bits per heavy atom. The van der Waals surface area contributed by atoms with Crippen molar-refractivity contribution in [3.63, 3.8) is 0 Å². The van der Waals surface area contributed by atoms with Crippen molar-refractivity contribution in [1.29, 1.82) is 0 Å². The van der Waals surface area contributed by atoms with E-state index in [1.165, 1.54) is 16.9 Å². The van der Waals surface area contributed by atoms with Gasteiger partial charge in [-0.05, 0) is 34.0 Å². The third kappa shape index (κ3) is 3.70. The highest BCUT2D eigenvalue weighted by atomic mass is 79.9. The van der Waals surface area contributed by atoms with E-state index in [0.717, 1.165) is 0 Å². The van der Waals surface area contributed by atoms with Crippen molar-refractivity contribution in [2.24, 2.45) is 0 Å². The SMILES string of the molecule is C#CCn1ncc(NCCc2ccccc2F)c(Br)c1=O. The summed E-state index contributed by atoms with van der Waals surface area (Å²) in [4.78, 5) is 11.9. The normalized spacial score (nSPS) is 10.1. The number of hydrogen-bond acceptors (Lipinski definition) is 3. The molecule has 0 atom stereocenters. The first kappa shape index (κ1) is 15.3. The number of halogens is 2. The highest BCUT2D eigenvalue weighted by molar-refractivity contribution is 9.10. The molecule has 6 heteroatoms. The zero-order chi connectivity index (χ0) is 15.2. The fourth-order valence-electron chi connectivity index (χ4n) is 1.82. The molecular formula is C15H13BrFN3O. The van der Waals surface area contributed by atoms with Gasteiger partial charge in [0.05, 0.1) is 11.9 Å². The monoisotopic (exact) mass is 349 g/mol. The third-order valence-electron chi connectivity index (χ3n) is 2.89. The molecule has 0 fully saturated rings. The van der Waals surface area contributed by atoms with Gasteiger partial charge in [-0.15, -0.1) is 6.42 Å². The molecule has 0 saturated heterocycles. The van der Waals surface area contributed by atoms with Crippen LogP contribution in [0, 0.1) is 18.2 Å². The van der Waals surface area contributed by atoms with Crippen LogP contribution in [0.15, 0.2) is 39.7 Å². The lowest BCUT2D eigenvalue weighted by Crippen LogP contribution is -2.24. The molecule has 1 aromatic heterocycles. The van der Waals surface area contributed by atoms with Crippen LogP contribution in [0.1, 0.15) is 5.56 Å². The Morgan fingerprint density at radius 2 is 2.19 bits per heavy atom. The van der Waals surface area contributed by atoms with Crippen molar-refractivity contribution in [2.75, 3.05) is 11.9 Å². The van der Waals surface area contributed by atoms with Crippen molar-refractivity contribution >= 4 is 21.6 Å². The Hall–Kier alpha value is -2.13. The molecule has 0 aliphatic rings. The van der Waals surface area contributed by atoms with Gasteiger partial charge in [-0.2, -0.15) is 5.10 Å². The molecule has 0 bridgehead atoms. The van der Waals surface area contributed by atoms with Crippen LogP contribution in [-0.2, 0) is 13.0 Å². The first-order chi connectivity index (χ1) is 10.1. The van der Waals surface area contributed by atoms with E-state index in [1.54, 1.807) is 18.2 Å². The maximum absolute atomic E-state index is 13.5. The van der Waals surface area contributed by atoms with Gasteiger partial charge in [0.25, 0.3) is 5.56 Å². The molecule has 4 nitrogen and oxygen atoms in total. The minimum absolute atomic E-state index is 0.118. The second-order valence-electron chi connectivity index (χ2n) is 4.31. The van der Waals surface area contributed by atoms with Crippen LogP contribution in [0.3, 0.4) is 0 Å². The summed E-state index contributed by atoms with van der Waals surface area (Å²) < 4.78 is 15.0. The zero-order valence-corrected chi connectivity index (χ0v) is 12.7. The molecule has 0 unspecified atom stereocenters. The molecule has 1 N–H and O–H groups in total. The Morgan fingerprint density at radius 1 is 1.43 bits per heavy atom. The second kappa shape index (κ2) is 7.04. The molecule has 1 aromatic carbocycles.